The van der Waals surface area contributed by atoms with Crippen molar-refractivity contribution in [1.82, 2.24) is 14.7 Å². The highest BCUT2D eigenvalue weighted by atomic mass is 19.4. The Morgan fingerprint density at radius 2 is 1.88 bits per heavy atom. The highest BCUT2D eigenvalue weighted by Crippen LogP contribution is 2.31. The molecule has 1 aliphatic rings. The molecule has 1 aliphatic heterocycles. The highest BCUT2D eigenvalue weighted by molar-refractivity contribution is 5.92. The summed E-state index contributed by atoms with van der Waals surface area (Å²) < 4.78 is 40.8. The number of likely N-dealkylation sites (tertiary alicyclic amines) is 1. The number of nitrogens with one attached hydrogen (secondary N) is 1. The van der Waals surface area contributed by atoms with Gasteiger partial charge in [0, 0.05) is 36.5 Å². The van der Waals surface area contributed by atoms with Gasteiger partial charge < -0.3 is 10.2 Å². The number of hydrogen-bond acceptors (Lipinski definition) is 3. The monoisotopic (exact) mass is 470 g/mol. The van der Waals surface area contributed by atoms with Crippen molar-refractivity contribution >= 4 is 17.5 Å². The van der Waals surface area contributed by atoms with Crippen molar-refractivity contribution < 1.29 is 22.8 Å². The maximum absolute atomic E-state index is 13.1. The smallest absolute Gasteiger partial charge is 0.338 e. The molecule has 1 aromatic heterocycles. The van der Waals surface area contributed by atoms with E-state index >= 15 is 0 Å². The van der Waals surface area contributed by atoms with Crippen LogP contribution in [0.25, 0.3) is 5.69 Å². The molecule has 2 amide bonds. The van der Waals surface area contributed by atoms with Crippen LogP contribution in [0.5, 0.6) is 0 Å². The third-order valence-electron chi connectivity index (χ3n) is 5.95. The summed E-state index contributed by atoms with van der Waals surface area (Å²) in [4.78, 5) is 26.4. The molecular weight excluding hydrogens is 445 g/mol. The molecule has 0 unspecified atom stereocenters. The van der Waals surface area contributed by atoms with E-state index in [0.717, 1.165) is 30.7 Å². The first-order valence-electron chi connectivity index (χ1n) is 11.0. The van der Waals surface area contributed by atoms with E-state index in [-0.39, 0.29) is 23.9 Å². The van der Waals surface area contributed by atoms with Crippen LogP contribution in [0.1, 0.15) is 40.9 Å². The van der Waals surface area contributed by atoms with Gasteiger partial charge in [0.25, 0.3) is 0 Å². The van der Waals surface area contributed by atoms with E-state index < -0.39 is 11.7 Å². The summed E-state index contributed by atoms with van der Waals surface area (Å²) in [5, 5.41) is 7.25. The average Bonchev–Trinajstić information content (AvgIpc) is 3.31. The Labute approximate surface area is 195 Å². The maximum atomic E-state index is 13.1. The van der Waals surface area contributed by atoms with Crippen LogP contribution < -0.4 is 5.32 Å². The molecule has 178 valence electrons. The number of amides is 2. The zero-order valence-electron chi connectivity index (χ0n) is 18.9. The van der Waals surface area contributed by atoms with Crippen molar-refractivity contribution in [2.24, 2.45) is 0 Å². The molecule has 0 spiro atoms. The first-order valence-corrected chi connectivity index (χ1v) is 11.0. The third kappa shape index (κ3) is 5.13. The maximum Gasteiger partial charge on any atom is 0.416 e. The molecule has 0 atom stereocenters. The molecule has 6 nitrogen and oxygen atoms in total. The molecule has 0 bridgehead atoms. The van der Waals surface area contributed by atoms with Crippen molar-refractivity contribution in [3.05, 3.63) is 76.6 Å². The fourth-order valence-corrected chi connectivity index (χ4v) is 4.20. The van der Waals surface area contributed by atoms with Crippen LogP contribution in [0.2, 0.25) is 0 Å². The second-order valence-electron chi connectivity index (χ2n) is 8.45. The Bertz CT molecular complexity index is 1230. The van der Waals surface area contributed by atoms with Crippen molar-refractivity contribution in [3.8, 4) is 5.69 Å². The third-order valence-corrected chi connectivity index (χ3v) is 5.95. The summed E-state index contributed by atoms with van der Waals surface area (Å²) in [5.41, 5.74) is 2.92. The van der Waals surface area contributed by atoms with Crippen LogP contribution in [0.15, 0.2) is 48.5 Å². The number of carbonyl (C=O) groups excluding carboxylic acids is 2. The zero-order valence-corrected chi connectivity index (χ0v) is 18.9. The number of anilines is 1. The number of carbonyl (C=O) groups is 2. The van der Waals surface area contributed by atoms with Gasteiger partial charge in [-0.2, -0.15) is 18.3 Å². The Kier molecular flexibility index (Phi) is 6.45. The summed E-state index contributed by atoms with van der Waals surface area (Å²) in [5.74, 6) is -0.123. The summed E-state index contributed by atoms with van der Waals surface area (Å²) in [6.45, 7) is 4.71. The molecule has 1 N–H and O–H groups in total. The first-order chi connectivity index (χ1) is 16.1. The Morgan fingerprint density at radius 1 is 1.12 bits per heavy atom. The number of nitrogens with zero attached hydrogens (tertiary/aromatic N) is 3. The molecule has 9 heteroatoms. The molecule has 4 rings (SSSR count). The van der Waals surface area contributed by atoms with Gasteiger partial charge in [0.1, 0.15) is 0 Å². The molecule has 0 saturated carbocycles. The Morgan fingerprint density at radius 3 is 2.59 bits per heavy atom. The van der Waals surface area contributed by atoms with Gasteiger partial charge in [0.15, 0.2) is 0 Å². The number of hydrogen-bond donors (Lipinski definition) is 1. The lowest BCUT2D eigenvalue weighted by Crippen LogP contribution is -2.24. The minimum Gasteiger partial charge on any atom is -0.338 e. The number of benzene rings is 2. The lowest BCUT2D eigenvalue weighted by molar-refractivity contribution is -0.137. The SMILES string of the molecule is Cc1nn(-c2cccc(C(F)(F)F)c2)c(C)c1CC(=O)Nc1cccc(CN2CCCC2=O)c1. The molecule has 1 saturated heterocycles. The van der Waals surface area contributed by atoms with E-state index in [4.69, 9.17) is 0 Å². The van der Waals surface area contributed by atoms with Gasteiger partial charge in [-0.3, -0.25) is 9.59 Å². The topological polar surface area (TPSA) is 67.2 Å². The van der Waals surface area contributed by atoms with Gasteiger partial charge in [-0.1, -0.05) is 18.2 Å². The van der Waals surface area contributed by atoms with Crippen LogP contribution in [0.4, 0.5) is 18.9 Å². The van der Waals surface area contributed by atoms with Crippen molar-refractivity contribution in [3.63, 3.8) is 0 Å². The standard InChI is InChI=1S/C25H25F3N4O2/c1-16-22(17(2)32(30-16)21-9-4-7-19(13-21)25(26,27)28)14-23(33)29-20-8-3-6-18(12-20)15-31-11-5-10-24(31)34/h3-4,6-9,12-13H,5,10-11,14-15H2,1-2H3,(H,29,33). The van der Waals surface area contributed by atoms with E-state index in [0.29, 0.717) is 35.6 Å². The van der Waals surface area contributed by atoms with Crippen molar-refractivity contribution in [2.75, 3.05) is 11.9 Å². The minimum atomic E-state index is -4.45. The van der Waals surface area contributed by atoms with Crippen LogP contribution in [-0.2, 0) is 28.7 Å². The molecule has 0 radical (unpaired) electrons. The van der Waals surface area contributed by atoms with Gasteiger partial charge in [0.2, 0.25) is 11.8 Å². The van der Waals surface area contributed by atoms with Crippen LogP contribution in [0.3, 0.4) is 0 Å². The number of halogens is 3. The second kappa shape index (κ2) is 9.32. The van der Waals surface area contributed by atoms with Gasteiger partial charge in [-0.15, -0.1) is 0 Å². The second-order valence-corrected chi connectivity index (χ2v) is 8.45. The van der Waals surface area contributed by atoms with Crippen LogP contribution in [0, 0.1) is 13.8 Å². The molecule has 2 aromatic carbocycles. The lowest BCUT2D eigenvalue weighted by Gasteiger charge is -2.16. The summed E-state index contributed by atoms with van der Waals surface area (Å²) in [7, 11) is 0. The zero-order chi connectivity index (χ0) is 24.5. The predicted octanol–water partition coefficient (Wildman–Crippen LogP) is 4.81. The van der Waals surface area contributed by atoms with Crippen molar-refractivity contribution in [1.29, 1.82) is 0 Å². The van der Waals surface area contributed by atoms with E-state index in [2.05, 4.69) is 10.4 Å². The molecule has 0 aliphatic carbocycles. The van der Waals surface area contributed by atoms with Crippen molar-refractivity contribution in [2.45, 2.75) is 45.8 Å². The predicted molar refractivity (Wildman–Crippen MR) is 121 cm³/mol. The number of aryl methyl sites for hydroxylation is 1. The summed E-state index contributed by atoms with van der Waals surface area (Å²) in [6.07, 6.45) is -2.98. The first kappa shape index (κ1) is 23.5. The minimum absolute atomic E-state index is 0.0332. The van der Waals surface area contributed by atoms with Crippen LogP contribution >= 0.6 is 0 Å². The number of alkyl halides is 3. The Balaban J connectivity index is 1.48. The molecule has 3 aromatic rings. The molecule has 34 heavy (non-hydrogen) atoms. The van der Waals surface area contributed by atoms with E-state index in [1.165, 1.54) is 10.7 Å². The summed E-state index contributed by atoms with van der Waals surface area (Å²) in [6, 6.07) is 12.3. The van der Waals surface area contributed by atoms with E-state index in [1.807, 2.05) is 18.2 Å². The van der Waals surface area contributed by atoms with Crippen LogP contribution in [-0.4, -0.2) is 33.0 Å². The lowest BCUT2D eigenvalue weighted by atomic mass is 10.1. The fourth-order valence-electron chi connectivity index (χ4n) is 4.20. The highest BCUT2D eigenvalue weighted by Gasteiger charge is 2.31. The Hall–Kier alpha value is -3.62. The molecule has 2 heterocycles. The molecular formula is C25H25F3N4O2. The fraction of sp³-hybridized carbons (Fsp3) is 0.320. The number of rotatable bonds is 6. The average molecular weight is 470 g/mol. The quantitative estimate of drug-likeness (QED) is 0.562. The van der Waals surface area contributed by atoms with Gasteiger partial charge in [0.05, 0.1) is 23.4 Å². The van der Waals surface area contributed by atoms with Gasteiger partial charge in [-0.05, 0) is 56.2 Å². The van der Waals surface area contributed by atoms with Gasteiger partial charge >= 0.3 is 6.18 Å². The number of aromatic nitrogens is 2. The van der Waals surface area contributed by atoms with E-state index in [1.54, 1.807) is 30.9 Å². The molecule has 1 fully saturated rings. The van der Waals surface area contributed by atoms with Gasteiger partial charge in [-0.25, -0.2) is 4.68 Å². The summed E-state index contributed by atoms with van der Waals surface area (Å²) >= 11 is 0. The van der Waals surface area contributed by atoms with E-state index in [9.17, 15) is 22.8 Å². The largest absolute Gasteiger partial charge is 0.416 e. The normalized spacial score (nSPS) is 14.0.